The summed E-state index contributed by atoms with van der Waals surface area (Å²) in [7, 11) is 3.90. The Kier molecular flexibility index (Phi) is 7.81. The first-order chi connectivity index (χ1) is 13.2. The minimum Gasteiger partial charge on any atom is -0.383 e. The maximum absolute atomic E-state index is 5.15. The average Bonchev–Trinajstić information content (AvgIpc) is 2.70. The molecule has 1 aliphatic heterocycles. The highest BCUT2D eigenvalue weighted by Crippen LogP contribution is 2.23. The van der Waals surface area contributed by atoms with E-state index in [9.17, 15) is 0 Å². The average molecular weight is 368 g/mol. The summed E-state index contributed by atoms with van der Waals surface area (Å²) in [4.78, 5) is 9.29. The third kappa shape index (κ3) is 6.73. The van der Waals surface area contributed by atoms with Gasteiger partial charge in [-0.15, -0.1) is 0 Å². The van der Waals surface area contributed by atoms with Crippen LogP contribution in [0.1, 0.15) is 29.7 Å². The van der Waals surface area contributed by atoms with Crippen molar-refractivity contribution in [2.24, 2.45) is 5.92 Å². The van der Waals surface area contributed by atoms with Crippen LogP contribution in [0.4, 0.5) is 0 Å². The Hall–Kier alpha value is -1.75. The van der Waals surface area contributed by atoms with E-state index in [1.807, 2.05) is 12.3 Å². The molecule has 1 fully saturated rings. The molecule has 1 aliphatic rings. The molecule has 1 aromatic carbocycles. The smallest absolute Gasteiger partial charge is 0.0589 e. The molecular formula is C23H33N3O. The second-order valence-electron chi connectivity index (χ2n) is 7.79. The van der Waals surface area contributed by atoms with Gasteiger partial charge in [-0.1, -0.05) is 30.3 Å². The number of likely N-dealkylation sites (tertiary alicyclic amines) is 1. The van der Waals surface area contributed by atoms with Crippen LogP contribution in [0.25, 0.3) is 0 Å². The van der Waals surface area contributed by atoms with Gasteiger partial charge in [-0.25, -0.2) is 0 Å². The first kappa shape index (κ1) is 20.0. The largest absolute Gasteiger partial charge is 0.383 e. The molecule has 2 aromatic rings. The van der Waals surface area contributed by atoms with Gasteiger partial charge in [0.05, 0.1) is 12.3 Å². The van der Waals surface area contributed by atoms with Crippen molar-refractivity contribution in [3.8, 4) is 0 Å². The number of benzene rings is 1. The molecule has 146 valence electrons. The number of aromatic nitrogens is 1. The zero-order chi connectivity index (χ0) is 18.9. The Labute approximate surface area is 164 Å². The van der Waals surface area contributed by atoms with Gasteiger partial charge >= 0.3 is 0 Å². The van der Waals surface area contributed by atoms with Gasteiger partial charge in [-0.2, -0.15) is 0 Å². The monoisotopic (exact) mass is 367 g/mol. The molecule has 0 spiro atoms. The fourth-order valence-corrected chi connectivity index (χ4v) is 3.82. The summed E-state index contributed by atoms with van der Waals surface area (Å²) < 4.78 is 5.15. The van der Waals surface area contributed by atoms with Crippen molar-refractivity contribution in [1.82, 2.24) is 14.8 Å². The van der Waals surface area contributed by atoms with Crippen LogP contribution >= 0.6 is 0 Å². The Balaban J connectivity index is 1.41. The van der Waals surface area contributed by atoms with Crippen LogP contribution < -0.4 is 0 Å². The molecule has 0 atom stereocenters. The number of rotatable bonds is 9. The molecule has 2 heterocycles. The second kappa shape index (κ2) is 10.5. The number of hydrogen-bond donors (Lipinski definition) is 0. The van der Waals surface area contributed by atoms with Gasteiger partial charge in [-0.05, 0) is 68.6 Å². The fraction of sp³-hybridized carbons (Fsp3) is 0.522. The fourth-order valence-electron chi connectivity index (χ4n) is 3.82. The Morgan fingerprint density at radius 1 is 1.07 bits per heavy atom. The van der Waals surface area contributed by atoms with E-state index < -0.39 is 0 Å². The van der Waals surface area contributed by atoms with Gasteiger partial charge in [0.25, 0.3) is 0 Å². The van der Waals surface area contributed by atoms with E-state index in [0.717, 1.165) is 32.2 Å². The minimum atomic E-state index is 0.785. The van der Waals surface area contributed by atoms with Crippen molar-refractivity contribution in [3.63, 3.8) is 0 Å². The highest BCUT2D eigenvalue weighted by Gasteiger charge is 2.19. The number of methoxy groups -OCH3 is 1. The van der Waals surface area contributed by atoms with Crippen LogP contribution in [0, 0.1) is 5.92 Å². The lowest BCUT2D eigenvalue weighted by Gasteiger charge is -2.31. The first-order valence-electron chi connectivity index (χ1n) is 10.1. The number of nitrogens with zero attached hydrogens (tertiary/aromatic N) is 3. The summed E-state index contributed by atoms with van der Waals surface area (Å²) in [5.41, 5.74) is 4.03. The van der Waals surface area contributed by atoms with Gasteiger partial charge in [-0.3, -0.25) is 14.8 Å². The number of piperidine rings is 1. The van der Waals surface area contributed by atoms with Crippen LogP contribution in [-0.4, -0.2) is 55.2 Å². The van der Waals surface area contributed by atoms with Crippen LogP contribution in [0.5, 0.6) is 0 Å². The van der Waals surface area contributed by atoms with Crippen LogP contribution in [0.15, 0.2) is 48.7 Å². The lowest BCUT2D eigenvalue weighted by atomic mass is 9.90. The number of pyridine rings is 1. The van der Waals surface area contributed by atoms with Crippen LogP contribution in [0.2, 0.25) is 0 Å². The molecule has 27 heavy (non-hydrogen) atoms. The predicted octanol–water partition coefficient (Wildman–Crippen LogP) is 3.61. The van der Waals surface area contributed by atoms with Gasteiger partial charge in [0.1, 0.15) is 0 Å². The van der Waals surface area contributed by atoms with E-state index in [4.69, 9.17) is 4.74 Å². The summed E-state index contributed by atoms with van der Waals surface area (Å²) in [6.45, 7) is 6.09. The number of hydrogen-bond acceptors (Lipinski definition) is 4. The Morgan fingerprint density at radius 3 is 2.48 bits per heavy atom. The van der Waals surface area contributed by atoms with Gasteiger partial charge in [0.2, 0.25) is 0 Å². The van der Waals surface area contributed by atoms with E-state index in [0.29, 0.717) is 0 Å². The van der Waals surface area contributed by atoms with E-state index in [-0.39, 0.29) is 0 Å². The molecule has 0 saturated carbocycles. The SMILES string of the molecule is COCCN(C)Cc1ccc(CC2CCN(Cc3ccccn3)CC2)cc1. The third-order valence-electron chi connectivity index (χ3n) is 5.50. The quantitative estimate of drug-likeness (QED) is 0.677. The summed E-state index contributed by atoms with van der Waals surface area (Å²) >= 11 is 0. The zero-order valence-corrected chi connectivity index (χ0v) is 16.8. The maximum atomic E-state index is 5.15. The molecule has 0 aliphatic carbocycles. The lowest BCUT2D eigenvalue weighted by molar-refractivity contribution is 0.158. The molecule has 0 unspecified atom stereocenters. The van der Waals surface area contributed by atoms with Gasteiger partial charge in [0.15, 0.2) is 0 Å². The van der Waals surface area contributed by atoms with E-state index in [1.165, 1.54) is 49.2 Å². The number of likely N-dealkylation sites (N-methyl/N-ethyl adjacent to an activating group) is 1. The minimum absolute atomic E-state index is 0.785. The molecule has 1 saturated heterocycles. The normalized spacial score (nSPS) is 16.1. The molecule has 0 radical (unpaired) electrons. The molecular weight excluding hydrogens is 334 g/mol. The molecule has 1 aromatic heterocycles. The Bertz CT molecular complexity index is 651. The molecule has 4 heteroatoms. The van der Waals surface area contributed by atoms with Gasteiger partial charge < -0.3 is 4.74 Å². The van der Waals surface area contributed by atoms with E-state index in [2.05, 4.69) is 58.2 Å². The number of ether oxygens (including phenoxy) is 1. The standard InChI is InChI=1S/C23H33N3O/c1-25(15-16-27-2)18-22-8-6-20(7-9-22)17-21-10-13-26(14-11-21)19-23-5-3-4-12-24-23/h3-9,12,21H,10-11,13-19H2,1-2H3. The highest BCUT2D eigenvalue weighted by molar-refractivity contribution is 5.23. The van der Waals surface area contributed by atoms with Crippen molar-refractivity contribution >= 4 is 0 Å². The van der Waals surface area contributed by atoms with E-state index >= 15 is 0 Å². The van der Waals surface area contributed by atoms with Crippen molar-refractivity contribution in [2.45, 2.75) is 32.4 Å². The van der Waals surface area contributed by atoms with Crippen molar-refractivity contribution in [3.05, 3.63) is 65.5 Å². The summed E-state index contributed by atoms with van der Waals surface area (Å²) in [6, 6.07) is 15.4. The maximum Gasteiger partial charge on any atom is 0.0589 e. The third-order valence-corrected chi connectivity index (χ3v) is 5.50. The molecule has 4 nitrogen and oxygen atoms in total. The molecule has 0 N–H and O–H groups in total. The summed E-state index contributed by atoms with van der Waals surface area (Å²) in [6.07, 6.45) is 5.67. The second-order valence-corrected chi connectivity index (χ2v) is 7.79. The Morgan fingerprint density at radius 2 is 1.81 bits per heavy atom. The van der Waals surface area contributed by atoms with E-state index in [1.54, 1.807) is 7.11 Å². The molecule has 0 bridgehead atoms. The first-order valence-corrected chi connectivity index (χ1v) is 10.1. The van der Waals surface area contributed by atoms with Crippen molar-refractivity contribution in [1.29, 1.82) is 0 Å². The van der Waals surface area contributed by atoms with Crippen LogP contribution in [0.3, 0.4) is 0 Å². The molecule has 0 amide bonds. The zero-order valence-electron chi connectivity index (χ0n) is 16.8. The van der Waals surface area contributed by atoms with Crippen molar-refractivity contribution < 1.29 is 4.74 Å². The van der Waals surface area contributed by atoms with Crippen LogP contribution in [-0.2, 0) is 24.2 Å². The molecule has 3 rings (SSSR count). The highest BCUT2D eigenvalue weighted by atomic mass is 16.5. The lowest BCUT2D eigenvalue weighted by Crippen LogP contribution is -2.34. The summed E-state index contributed by atoms with van der Waals surface area (Å²) in [5.74, 6) is 0.806. The summed E-state index contributed by atoms with van der Waals surface area (Å²) in [5, 5.41) is 0. The topological polar surface area (TPSA) is 28.6 Å². The predicted molar refractivity (Wildman–Crippen MR) is 111 cm³/mol. The van der Waals surface area contributed by atoms with Gasteiger partial charge in [0, 0.05) is 32.9 Å². The van der Waals surface area contributed by atoms with Crippen molar-refractivity contribution in [2.75, 3.05) is 40.4 Å².